The molecule has 1 heterocycles. The van der Waals surface area contributed by atoms with E-state index in [2.05, 4.69) is 0 Å². The topological polar surface area (TPSA) is 74.6 Å². The lowest BCUT2D eigenvalue weighted by atomic mass is 9.88. The van der Waals surface area contributed by atoms with Crippen LogP contribution in [-0.2, 0) is 9.84 Å². The van der Waals surface area contributed by atoms with Gasteiger partial charge in [0.2, 0.25) is 0 Å². The molecule has 0 aliphatic carbocycles. The second-order valence-electron chi connectivity index (χ2n) is 2.27. The normalized spacial score (nSPS) is 21.0. The number of hydrogen-bond acceptors (Lipinski definition) is 4. The number of rotatable bonds is 1. The molecule has 1 aliphatic rings. The first kappa shape index (κ1) is 8.51. The third-order valence-corrected chi connectivity index (χ3v) is 3.07. The Hall–Kier alpha value is -0.585. The Balaban J connectivity index is 3.24. The number of allylic oxidation sites excluding steroid dienone is 2. The van der Waals surface area contributed by atoms with Gasteiger partial charge in [0.25, 0.3) is 0 Å². The monoisotopic (exact) mass is 174 g/mol. The maximum atomic E-state index is 10.9. The highest BCUT2D eigenvalue weighted by Gasteiger charge is 2.31. The molecule has 0 aromatic carbocycles. The molecule has 0 atom stereocenters. The molecule has 0 radical (unpaired) electrons. The minimum atomic E-state index is -3.54. The molecule has 4 nitrogen and oxygen atoms in total. The first-order chi connectivity index (χ1) is 4.95. The van der Waals surface area contributed by atoms with Gasteiger partial charge in [0.15, 0.2) is 9.84 Å². The van der Waals surface area contributed by atoms with Gasteiger partial charge < -0.3 is 10.0 Å². The summed E-state index contributed by atoms with van der Waals surface area (Å²) in [5.74, 6) is 0. The average molecular weight is 174 g/mol. The van der Waals surface area contributed by atoms with Crippen LogP contribution in [0.2, 0.25) is 0 Å². The molecule has 60 valence electrons. The van der Waals surface area contributed by atoms with Gasteiger partial charge in [-0.1, -0.05) is 0 Å². The van der Waals surface area contributed by atoms with Crippen LogP contribution >= 0.6 is 0 Å². The summed E-state index contributed by atoms with van der Waals surface area (Å²) in [6, 6.07) is 0. The summed E-state index contributed by atoms with van der Waals surface area (Å²) < 4.78 is 21.9. The Labute approximate surface area is 64.9 Å². The minimum Gasteiger partial charge on any atom is -0.423 e. The Morgan fingerprint density at radius 2 is 2.00 bits per heavy atom. The van der Waals surface area contributed by atoms with Gasteiger partial charge >= 0.3 is 7.12 Å². The van der Waals surface area contributed by atoms with Crippen molar-refractivity contribution in [3.8, 4) is 0 Å². The molecule has 0 fully saturated rings. The highest BCUT2D eigenvalue weighted by atomic mass is 32.2. The van der Waals surface area contributed by atoms with E-state index in [-0.39, 0.29) is 4.80 Å². The van der Waals surface area contributed by atoms with Gasteiger partial charge in [0, 0.05) is 5.41 Å². The smallest absolute Gasteiger partial charge is 0.423 e. The van der Waals surface area contributed by atoms with E-state index in [0.717, 1.165) is 5.41 Å². The molecule has 0 aromatic rings. The number of hydrogen-bond donors (Lipinski definition) is 2. The molecule has 2 N–H and O–H groups in total. The minimum absolute atomic E-state index is 0.322. The first-order valence-corrected chi connectivity index (χ1v) is 4.50. The molecule has 0 saturated heterocycles. The van der Waals surface area contributed by atoms with Crippen molar-refractivity contribution in [3.63, 3.8) is 0 Å². The summed E-state index contributed by atoms with van der Waals surface area (Å²) in [6.07, 6.45) is 1.34. The average Bonchev–Trinajstić information content (AvgIpc) is 2.06. The molecule has 1 rings (SSSR count). The van der Waals surface area contributed by atoms with E-state index in [1.165, 1.54) is 13.0 Å². The standard InChI is InChI=1S/C5H7BO4S/c1-4-2-3-11(9,10)5(4)6(7)8/h2-3,7-8H,1H3. The van der Waals surface area contributed by atoms with Crippen molar-refractivity contribution >= 4 is 17.0 Å². The van der Waals surface area contributed by atoms with Gasteiger partial charge in [-0.25, -0.2) is 8.42 Å². The van der Waals surface area contributed by atoms with Crippen LogP contribution in [0, 0.1) is 0 Å². The third kappa shape index (κ3) is 1.37. The molecule has 0 bridgehead atoms. The van der Waals surface area contributed by atoms with Crippen LogP contribution in [0.1, 0.15) is 6.92 Å². The lowest BCUT2D eigenvalue weighted by molar-refractivity contribution is 0.421. The summed E-state index contributed by atoms with van der Waals surface area (Å²) in [6.45, 7) is 1.51. The molecule has 0 spiro atoms. The van der Waals surface area contributed by atoms with Crippen molar-refractivity contribution in [2.24, 2.45) is 0 Å². The van der Waals surface area contributed by atoms with Crippen LogP contribution in [0.15, 0.2) is 21.9 Å². The molecular formula is C5H7BO4S. The van der Waals surface area contributed by atoms with Crippen molar-refractivity contribution < 1.29 is 18.5 Å². The third-order valence-electron chi connectivity index (χ3n) is 1.43. The number of sulfone groups is 1. The highest BCUT2D eigenvalue weighted by molar-refractivity contribution is 8.00. The Morgan fingerprint density at radius 1 is 1.45 bits per heavy atom. The molecule has 1 aliphatic heterocycles. The first-order valence-electron chi connectivity index (χ1n) is 2.95. The Bertz CT molecular complexity index is 324. The fourth-order valence-electron chi connectivity index (χ4n) is 0.922. The van der Waals surface area contributed by atoms with Crippen molar-refractivity contribution in [2.45, 2.75) is 6.92 Å². The molecule has 0 amide bonds. The highest BCUT2D eigenvalue weighted by Crippen LogP contribution is 2.22. The van der Waals surface area contributed by atoms with Crippen LogP contribution in [0.3, 0.4) is 0 Å². The van der Waals surface area contributed by atoms with E-state index in [9.17, 15) is 8.42 Å². The van der Waals surface area contributed by atoms with E-state index in [1.807, 2.05) is 0 Å². The van der Waals surface area contributed by atoms with E-state index >= 15 is 0 Å². The van der Waals surface area contributed by atoms with Crippen LogP contribution < -0.4 is 0 Å². The van der Waals surface area contributed by atoms with E-state index < -0.39 is 17.0 Å². The quantitative estimate of drug-likeness (QED) is 0.511. The Kier molecular flexibility index (Phi) is 1.91. The van der Waals surface area contributed by atoms with Gasteiger partial charge in [0.1, 0.15) is 0 Å². The fourth-order valence-corrected chi connectivity index (χ4v) is 2.26. The molecule has 0 aromatic heterocycles. The molecule has 0 unspecified atom stereocenters. The second-order valence-corrected chi connectivity index (χ2v) is 4.07. The van der Waals surface area contributed by atoms with Crippen molar-refractivity contribution in [1.82, 2.24) is 0 Å². The van der Waals surface area contributed by atoms with Gasteiger partial charge in [-0.05, 0) is 18.6 Å². The summed E-state index contributed by atoms with van der Waals surface area (Å²) in [5, 5.41) is 18.2. The van der Waals surface area contributed by atoms with Gasteiger partial charge in [-0.3, -0.25) is 0 Å². The summed E-state index contributed by atoms with van der Waals surface area (Å²) in [4.78, 5) is -0.322. The summed E-state index contributed by atoms with van der Waals surface area (Å²) in [7, 11) is -5.44. The predicted molar refractivity (Wildman–Crippen MR) is 41.0 cm³/mol. The van der Waals surface area contributed by atoms with Crippen LogP contribution in [-0.4, -0.2) is 25.6 Å². The predicted octanol–water partition coefficient (Wildman–Crippen LogP) is -0.786. The summed E-state index contributed by atoms with van der Waals surface area (Å²) in [5.41, 5.74) is 0.375. The SMILES string of the molecule is CC1=C(B(O)O)S(=O)(=O)C=C1. The zero-order valence-electron chi connectivity index (χ0n) is 5.85. The second kappa shape index (κ2) is 2.47. The lowest BCUT2D eigenvalue weighted by Crippen LogP contribution is -2.20. The van der Waals surface area contributed by atoms with E-state index in [0.29, 0.717) is 5.57 Å². The van der Waals surface area contributed by atoms with E-state index in [1.54, 1.807) is 0 Å². The fraction of sp³-hybridized carbons (Fsp3) is 0.200. The zero-order chi connectivity index (χ0) is 8.65. The van der Waals surface area contributed by atoms with Crippen LogP contribution in [0.25, 0.3) is 0 Å². The van der Waals surface area contributed by atoms with Gasteiger partial charge in [-0.15, -0.1) is 0 Å². The lowest BCUT2D eigenvalue weighted by Gasteiger charge is -2.00. The van der Waals surface area contributed by atoms with Gasteiger partial charge in [0.05, 0.1) is 4.80 Å². The van der Waals surface area contributed by atoms with Crippen molar-refractivity contribution in [1.29, 1.82) is 0 Å². The van der Waals surface area contributed by atoms with Gasteiger partial charge in [-0.2, -0.15) is 0 Å². The molecular weight excluding hydrogens is 167 g/mol. The van der Waals surface area contributed by atoms with Crippen molar-refractivity contribution in [2.75, 3.05) is 0 Å². The van der Waals surface area contributed by atoms with Crippen LogP contribution in [0.4, 0.5) is 0 Å². The molecule has 11 heavy (non-hydrogen) atoms. The maximum absolute atomic E-state index is 10.9. The zero-order valence-corrected chi connectivity index (χ0v) is 6.67. The maximum Gasteiger partial charge on any atom is 0.501 e. The molecule has 6 heteroatoms. The largest absolute Gasteiger partial charge is 0.501 e. The Morgan fingerprint density at radius 3 is 2.18 bits per heavy atom. The molecule has 0 saturated carbocycles. The summed E-state index contributed by atoms with van der Waals surface area (Å²) >= 11 is 0. The van der Waals surface area contributed by atoms with Crippen molar-refractivity contribution in [3.05, 3.63) is 21.9 Å². The van der Waals surface area contributed by atoms with E-state index in [4.69, 9.17) is 10.0 Å². The van der Waals surface area contributed by atoms with Crippen LogP contribution in [0.5, 0.6) is 0 Å².